The molecule has 1 heterocycles. The lowest BCUT2D eigenvalue weighted by Gasteiger charge is -2.48. The number of ether oxygens (including phenoxy) is 4. The van der Waals surface area contributed by atoms with Crippen molar-refractivity contribution in [1.82, 2.24) is 0 Å². The maximum atomic E-state index is 12.4. The normalized spacial score (nSPS) is 39.4. The average molecular weight is 375 g/mol. The van der Waals surface area contributed by atoms with Crippen LogP contribution in [0.4, 0.5) is 0 Å². The van der Waals surface area contributed by atoms with E-state index in [1.165, 1.54) is 0 Å². The Morgan fingerprint density at radius 3 is 1.88 bits per heavy atom. The third-order valence-electron chi connectivity index (χ3n) is 4.99. The fourth-order valence-electron chi connectivity index (χ4n) is 3.66. The highest BCUT2D eigenvalue weighted by atomic mass is 16.7. The van der Waals surface area contributed by atoms with E-state index >= 15 is 0 Å². The van der Waals surface area contributed by atoms with Crippen LogP contribution in [0.15, 0.2) is 0 Å². The molecule has 2 fully saturated rings. The molecule has 1 saturated carbocycles. The highest BCUT2D eigenvalue weighted by Crippen LogP contribution is 2.44. The maximum Gasteiger partial charge on any atom is 0.339 e. The second-order valence-corrected chi connectivity index (χ2v) is 7.30. The number of carbonyl (C=O) groups is 2. The third-order valence-corrected chi connectivity index (χ3v) is 4.99. The number of nitrogens with two attached hydrogens (primary N) is 1. The zero-order valence-corrected chi connectivity index (χ0v) is 15.7. The van der Waals surface area contributed by atoms with Crippen molar-refractivity contribution in [3.8, 4) is 0 Å². The molecule has 1 aliphatic carbocycles. The fraction of sp³-hybridized carbons (Fsp3) is 0.882. The largest absolute Gasteiger partial charge is 0.464 e. The Balaban J connectivity index is 2.37. The van der Waals surface area contributed by atoms with Crippen LogP contribution in [0.25, 0.3) is 0 Å². The Morgan fingerprint density at radius 2 is 1.54 bits per heavy atom. The molecule has 9 nitrogen and oxygen atoms in total. The first-order valence-electron chi connectivity index (χ1n) is 8.86. The van der Waals surface area contributed by atoms with Gasteiger partial charge < -0.3 is 34.9 Å². The standard InChI is InChI=1S/C17H29NO8/c1-5-23-13(19)16(21)7-10(11-9-25-15(3,4)26-11)8-17(22,12(16)18)14(20)24-6-2/h10-12,21-22H,5-9,18H2,1-4H3/t10?,11-,12?,16-,17+/m1/s1. The molecule has 0 aromatic carbocycles. The second-order valence-electron chi connectivity index (χ2n) is 7.30. The summed E-state index contributed by atoms with van der Waals surface area (Å²) in [5.41, 5.74) is 1.49. The van der Waals surface area contributed by atoms with Crippen LogP contribution in [-0.2, 0) is 28.5 Å². The summed E-state index contributed by atoms with van der Waals surface area (Å²) in [6.07, 6.45) is -0.781. The maximum absolute atomic E-state index is 12.4. The first-order chi connectivity index (χ1) is 12.0. The van der Waals surface area contributed by atoms with Gasteiger partial charge in [-0.25, -0.2) is 9.59 Å². The fourth-order valence-corrected chi connectivity index (χ4v) is 3.66. The van der Waals surface area contributed by atoms with E-state index in [1.54, 1.807) is 27.7 Å². The van der Waals surface area contributed by atoms with Crippen LogP contribution in [-0.4, -0.2) is 71.1 Å². The lowest BCUT2D eigenvalue weighted by atomic mass is 9.65. The van der Waals surface area contributed by atoms with Gasteiger partial charge in [0.25, 0.3) is 0 Å². The summed E-state index contributed by atoms with van der Waals surface area (Å²) in [5.74, 6) is -3.38. The smallest absolute Gasteiger partial charge is 0.339 e. The quantitative estimate of drug-likeness (QED) is 0.541. The van der Waals surface area contributed by atoms with Crippen LogP contribution in [0.3, 0.4) is 0 Å². The number of carbonyl (C=O) groups excluding carboxylic acids is 2. The number of esters is 2. The van der Waals surface area contributed by atoms with Crippen LogP contribution in [0.1, 0.15) is 40.5 Å². The molecular formula is C17H29NO8. The molecule has 2 aliphatic rings. The number of aliphatic hydroxyl groups is 2. The van der Waals surface area contributed by atoms with Crippen LogP contribution >= 0.6 is 0 Å². The van der Waals surface area contributed by atoms with Gasteiger partial charge in [0.2, 0.25) is 0 Å². The molecular weight excluding hydrogens is 346 g/mol. The summed E-state index contributed by atoms with van der Waals surface area (Å²) in [7, 11) is 0. The monoisotopic (exact) mass is 375 g/mol. The van der Waals surface area contributed by atoms with Gasteiger partial charge in [0.15, 0.2) is 17.0 Å². The SMILES string of the molecule is CCOC(=O)[C@]1(O)CC([C@H]2COC(C)(C)O2)C[C@](O)(C(=O)OCC)C1N. The van der Waals surface area contributed by atoms with Gasteiger partial charge in [-0.15, -0.1) is 0 Å². The van der Waals surface area contributed by atoms with E-state index in [2.05, 4.69) is 0 Å². The van der Waals surface area contributed by atoms with Gasteiger partial charge in [-0.1, -0.05) is 0 Å². The van der Waals surface area contributed by atoms with Crippen LogP contribution in [0, 0.1) is 5.92 Å². The molecule has 1 saturated heterocycles. The van der Waals surface area contributed by atoms with E-state index < -0.39 is 47.0 Å². The van der Waals surface area contributed by atoms with Gasteiger partial charge in [-0.3, -0.25) is 0 Å². The van der Waals surface area contributed by atoms with Gasteiger partial charge in [0.05, 0.1) is 32.0 Å². The van der Waals surface area contributed by atoms with Crippen molar-refractivity contribution >= 4 is 11.9 Å². The Morgan fingerprint density at radius 1 is 1.08 bits per heavy atom. The predicted octanol–water partition coefficient (Wildman–Crippen LogP) is -0.536. The van der Waals surface area contributed by atoms with Crippen LogP contribution in [0.2, 0.25) is 0 Å². The summed E-state index contributed by atoms with van der Waals surface area (Å²) in [5, 5.41) is 22.0. The Bertz CT molecular complexity index is 519. The van der Waals surface area contributed by atoms with Crippen molar-refractivity contribution in [2.24, 2.45) is 11.7 Å². The average Bonchev–Trinajstić information content (AvgIpc) is 2.92. The number of hydrogen-bond donors (Lipinski definition) is 3. The van der Waals surface area contributed by atoms with Gasteiger partial charge in [0.1, 0.15) is 0 Å². The number of hydrogen-bond acceptors (Lipinski definition) is 9. The van der Waals surface area contributed by atoms with Crippen molar-refractivity contribution in [3.63, 3.8) is 0 Å². The summed E-state index contributed by atoms with van der Waals surface area (Å²) < 4.78 is 21.2. The molecule has 4 N–H and O–H groups in total. The van der Waals surface area contributed by atoms with Crippen LogP contribution in [0.5, 0.6) is 0 Å². The van der Waals surface area contributed by atoms with Gasteiger partial charge in [-0.2, -0.15) is 0 Å². The zero-order valence-electron chi connectivity index (χ0n) is 15.7. The summed E-state index contributed by atoms with van der Waals surface area (Å²) in [6.45, 7) is 6.87. The summed E-state index contributed by atoms with van der Waals surface area (Å²) in [4.78, 5) is 24.8. The van der Waals surface area contributed by atoms with E-state index in [0.29, 0.717) is 0 Å². The lowest BCUT2D eigenvalue weighted by Crippen LogP contribution is -2.72. The first kappa shape index (κ1) is 21.0. The molecule has 9 heteroatoms. The third kappa shape index (κ3) is 3.72. The highest BCUT2D eigenvalue weighted by Gasteiger charge is 2.64. The van der Waals surface area contributed by atoms with Crippen LogP contribution < -0.4 is 5.73 Å². The van der Waals surface area contributed by atoms with Gasteiger partial charge in [-0.05, 0) is 46.5 Å². The van der Waals surface area contributed by atoms with E-state index in [0.717, 1.165) is 0 Å². The predicted molar refractivity (Wildman–Crippen MR) is 88.8 cm³/mol. The Hall–Kier alpha value is -1.26. The highest BCUT2D eigenvalue weighted by molar-refractivity contribution is 5.86. The minimum Gasteiger partial charge on any atom is -0.464 e. The molecule has 2 rings (SSSR count). The molecule has 26 heavy (non-hydrogen) atoms. The van der Waals surface area contributed by atoms with Crippen molar-refractivity contribution in [2.45, 2.75) is 69.7 Å². The molecule has 1 aliphatic heterocycles. The van der Waals surface area contributed by atoms with Crippen molar-refractivity contribution in [3.05, 3.63) is 0 Å². The van der Waals surface area contributed by atoms with E-state index in [1.807, 2.05) is 0 Å². The minimum absolute atomic E-state index is 0.0203. The van der Waals surface area contributed by atoms with Gasteiger partial charge >= 0.3 is 11.9 Å². The summed E-state index contributed by atoms with van der Waals surface area (Å²) >= 11 is 0. The first-order valence-corrected chi connectivity index (χ1v) is 8.86. The molecule has 150 valence electrons. The van der Waals surface area contributed by atoms with Crippen molar-refractivity contribution < 1.29 is 38.7 Å². The lowest BCUT2D eigenvalue weighted by molar-refractivity contribution is -0.209. The van der Waals surface area contributed by atoms with Crippen molar-refractivity contribution in [1.29, 1.82) is 0 Å². The van der Waals surface area contributed by atoms with Crippen molar-refractivity contribution in [2.75, 3.05) is 19.8 Å². The van der Waals surface area contributed by atoms with E-state index in [4.69, 9.17) is 24.7 Å². The Labute approximate surface area is 152 Å². The Kier molecular flexibility index (Phi) is 5.99. The molecule has 0 aromatic heterocycles. The summed E-state index contributed by atoms with van der Waals surface area (Å²) in [6, 6.07) is -1.60. The van der Waals surface area contributed by atoms with E-state index in [-0.39, 0.29) is 32.7 Å². The second kappa shape index (κ2) is 7.40. The minimum atomic E-state index is -2.25. The molecule has 0 radical (unpaired) electrons. The topological polar surface area (TPSA) is 138 Å². The molecule has 0 aromatic rings. The zero-order chi connectivity index (χ0) is 19.8. The number of rotatable bonds is 5. The molecule has 0 amide bonds. The van der Waals surface area contributed by atoms with Gasteiger partial charge in [0, 0.05) is 0 Å². The van der Waals surface area contributed by atoms with E-state index in [9.17, 15) is 19.8 Å². The molecule has 5 atom stereocenters. The molecule has 2 unspecified atom stereocenters. The molecule has 0 spiro atoms. The molecule has 0 bridgehead atoms.